The van der Waals surface area contributed by atoms with E-state index in [1.807, 2.05) is 13.8 Å². The van der Waals surface area contributed by atoms with Gasteiger partial charge < -0.3 is 10.2 Å². The van der Waals surface area contributed by atoms with Gasteiger partial charge in [-0.3, -0.25) is 4.79 Å². The molecule has 1 heterocycles. The summed E-state index contributed by atoms with van der Waals surface area (Å²) in [5, 5.41) is 3.06. The van der Waals surface area contributed by atoms with Crippen molar-refractivity contribution in [2.24, 2.45) is 5.92 Å². The highest BCUT2D eigenvalue weighted by Crippen LogP contribution is 2.19. The number of amides is 1. The van der Waals surface area contributed by atoms with Crippen molar-refractivity contribution in [1.82, 2.24) is 10.2 Å². The molecule has 1 amide bonds. The fraction of sp³-hybridized carbons (Fsp3) is 0.923. The molecule has 0 aromatic rings. The van der Waals surface area contributed by atoms with Crippen molar-refractivity contribution in [2.45, 2.75) is 51.7 Å². The van der Waals surface area contributed by atoms with Gasteiger partial charge in [0, 0.05) is 6.54 Å². The van der Waals surface area contributed by atoms with Gasteiger partial charge in [0.25, 0.3) is 0 Å². The Bertz CT molecular complexity index is 284. The second-order valence-electron chi connectivity index (χ2n) is 5.58. The minimum atomic E-state index is -4.34. The molecule has 0 saturated carbocycles. The number of nitrogens with one attached hydrogen (secondary N) is 1. The minimum Gasteiger partial charge on any atom is -0.332 e. The lowest BCUT2D eigenvalue weighted by Gasteiger charge is -2.29. The summed E-state index contributed by atoms with van der Waals surface area (Å²) in [5.41, 5.74) is 0. The van der Waals surface area contributed by atoms with Gasteiger partial charge in [0.15, 0.2) is 0 Å². The summed E-state index contributed by atoms with van der Waals surface area (Å²) in [4.78, 5) is 13.2. The Labute approximate surface area is 112 Å². The highest BCUT2D eigenvalue weighted by molar-refractivity contribution is 5.82. The molecule has 1 saturated heterocycles. The SMILES string of the molecule is CC(C)CN(CC(F)(F)F)C(=O)C1CCCCCN1. The molecular formula is C13H23F3N2O. The number of rotatable bonds is 4. The van der Waals surface area contributed by atoms with Crippen LogP contribution in [0.3, 0.4) is 0 Å². The van der Waals surface area contributed by atoms with E-state index in [2.05, 4.69) is 5.32 Å². The van der Waals surface area contributed by atoms with Crippen LogP contribution >= 0.6 is 0 Å². The Morgan fingerprint density at radius 1 is 1.32 bits per heavy atom. The van der Waals surface area contributed by atoms with Gasteiger partial charge >= 0.3 is 6.18 Å². The predicted octanol–water partition coefficient (Wildman–Crippen LogP) is 2.57. The lowest BCUT2D eigenvalue weighted by Crippen LogP contribution is -2.50. The lowest BCUT2D eigenvalue weighted by molar-refractivity contribution is -0.163. The van der Waals surface area contributed by atoms with Crippen LogP contribution < -0.4 is 5.32 Å². The van der Waals surface area contributed by atoms with E-state index in [0.717, 1.165) is 24.2 Å². The van der Waals surface area contributed by atoms with Crippen LogP contribution in [0.1, 0.15) is 39.5 Å². The van der Waals surface area contributed by atoms with Crippen molar-refractivity contribution >= 4 is 5.91 Å². The first kappa shape index (κ1) is 16.3. The second-order valence-corrected chi connectivity index (χ2v) is 5.58. The third-order valence-corrected chi connectivity index (χ3v) is 3.13. The monoisotopic (exact) mass is 280 g/mol. The van der Waals surface area contributed by atoms with Crippen LogP contribution in [0.15, 0.2) is 0 Å². The summed E-state index contributed by atoms with van der Waals surface area (Å²) in [6, 6.07) is -0.455. The molecule has 0 aromatic carbocycles. The number of nitrogens with zero attached hydrogens (tertiary/aromatic N) is 1. The number of carbonyl (C=O) groups excluding carboxylic acids is 1. The zero-order valence-corrected chi connectivity index (χ0v) is 11.6. The van der Waals surface area contributed by atoms with Gasteiger partial charge in [-0.05, 0) is 25.3 Å². The van der Waals surface area contributed by atoms with Crippen LogP contribution in [-0.2, 0) is 4.79 Å². The highest BCUT2D eigenvalue weighted by atomic mass is 19.4. The van der Waals surface area contributed by atoms with Crippen molar-refractivity contribution in [3.63, 3.8) is 0 Å². The summed E-state index contributed by atoms with van der Waals surface area (Å²) >= 11 is 0. The molecular weight excluding hydrogens is 257 g/mol. The van der Waals surface area contributed by atoms with Gasteiger partial charge in [0.2, 0.25) is 5.91 Å². The summed E-state index contributed by atoms with van der Waals surface area (Å²) in [6.45, 7) is 3.34. The summed E-state index contributed by atoms with van der Waals surface area (Å²) in [5.74, 6) is -0.384. The molecule has 3 nitrogen and oxygen atoms in total. The molecule has 1 aliphatic rings. The van der Waals surface area contributed by atoms with E-state index in [0.29, 0.717) is 13.0 Å². The van der Waals surface area contributed by atoms with Crippen molar-refractivity contribution in [3.8, 4) is 0 Å². The Morgan fingerprint density at radius 3 is 2.58 bits per heavy atom. The van der Waals surface area contributed by atoms with Gasteiger partial charge in [-0.15, -0.1) is 0 Å². The zero-order chi connectivity index (χ0) is 14.5. The molecule has 0 aromatic heterocycles. The highest BCUT2D eigenvalue weighted by Gasteiger charge is 2.35. The summed E-state index contributed by atoms with van der Waals surface area (Å²) in [7, 11) is 0. The van der Waals surface area contributed by atoms with E-state index in [1.165, 1.54) is 0 Å². The molecule has 1 atom stereocenters. The van der Waals surface area contributed by atoms with E-state index in [-0.39, 0.29) is 12.5 Å². The molecule has 0 spiro atoms. The number of alkyl halides is 3. The first-order chi connectivity index (χ1) is 8.79. The molecule has 6 heteroatoms. The lowest BCUT2D eigenvalue weighted by atomic mass is 10.1. The van der Waals surface area contributed by atoms with E-state index in [4.69, 9.17) is 0 Å². The van der Waals surface area contributed by atoms with Gasteiger partial charge in [-0.25, -0.2) is 0 Å². The molecule has 1 unspecified atom stereocenters. The van der Waals surface area contributed by atoms with Crippen LogP contribution in [0.25, 0.3) is 0 Å². The maximum absolute atomic E-state index is 12.5. The summed E-state index contributed by atoms with van der Waals surface area (Å²) in [6.07, 6.45) is -0.807. The predicted molar refractivity (Wildman–Crippen MR) is 67.7 cm³/mol. The Hall–Kier alpha value is -0.780. The Morgan fingerprint density at radius 2 is 2.00 bits per heavy atom. The number of hydrogen-bond donors (Lipinski definition) is 1. The van der Waals surface area contributed by atoms with Gasteiger partial charge in [-0.1, -0.05) is 26.7 Å². The molecule has 112 valence electrons. The Balaban J connectivity index is 2.68. The number of carbonyl (C=O) groups is 1. The average Bonchev–Trinajstić information content (AvgIpc) is 2.53. The third kappa shape index (κ3) is 6.27. The van der Waals surface area contributed by atoms with E-state index < -0.39 is 24.7 Å². The van der Waals surface area contributed by atoms with Gasteiger partial charge in [-0.2, -0.15) is 13.2 Å². The van der Waals surface area contributed by atoms with E-state index in [1.54, 1.807) is 0 Å². The van der Waals surface area contributed by atoms with E-state index in [9.17, 15) is 18.0 Å². The number of halogens is 3. The van der Waals surface area contributed by atoms with Gasteiger partial charge in [0.05, 0.1) is 6.04 Å². The van der Waals surface area contributed by atoms with Crippen LogP contribution in [-0.4, -0.2) is 42.7 Å². The van der Waals surface area contributed by atoms with Crippen LogP contribution in [0, 0.1) is 5.92 Å². The average molecular weight is 280 g/mol. The van der Waals surface area contributed by atoms with Crippen LogP contribution in [0.5, 0.6) is 0 Å². The maximum atomic E-state index is 12.5. The molecule has 1 aliphatic heterocycles. The largest absolute Gasteiger partial charge is 0.406 e. The van der Waals surface area contributed by atoms with Crippen molar-refractivity contribution < 1.29 is 18.0 Å². The fourth-order valence-corrected chi connectivity index (χ4v) is 2.35. The first-order valence-corrected chi connectivity index (χ1v) is 6.88. The zero-order valence-electron chi connectivity index (χ0n) is 11.6. The van der Waals surface area contributed by atoms with Crippen LogP contribution in [0.4, 0.5) is 13.2 Å². The van der Waals surface area contributed by atoms with E-state index >= 15 is 0 Å². The normalized spacial score (nSPS) is 21.3. The molecule has 0 aliphatic carbocycles. The Kier molecular flexibility index (Phi) is 6.10. The number of hydrogen-bond acceptors (Lipinski definition) is 2. The van der Waals surface area contributed by atoms with Crippen molar-refractivity contribution in [2.75, 3.05) is 19.6 Å². The summed E-state index contributed by atoms with van der Waals surface area (Å²) < 4.78 is 37.6. The first-order valence-electron chi connectivity index (χ1n) is 6.88. The second kappa shape index (κ2) is 7.12. The van der Waals surface area contributed by atoms with Crippen molar-refractivity contribution in [3.05, 3.63) is 0 Å². The molecule has 0 bridgehead atoms. The third-order valence-electron chi connectivity index (χ3n) is 3.13. The van der Waals surface area contributed by atoms with Crippen molar-refractivity contribution in [1.29, 1.82) is 0 Å². The molecule has 19 heavy (non-hydrogen) atoms. The topological polar surface area (TPSA) is 32.3 Å². The maximum Gasteiger partial charge on any atom is 0.406 e. The standard InChI is InChI=1S/C13H23F3N2O/c1-10(2)8-18(9-13(14,15)16)12(19)11-6-4-3-5-7-17-11/h10-11,17H,3-9H2,1-2H3. The van der Waals surface area contributed by atoms with Gasteiger partial charge in [0.1, 0.15) is 6.54 Å². The molecule has 1 fully saturated rings. The quantitative estimate of drug-likeness (QED) is 0.858. The molecule has 0 radical (unpaired) electrons. The molecule has 1 rings (SSSR count). The molecule has 1 N–H and O–H groups in total. The van der Waals surface area contributed by atoms with Crippen LogP contribution in [0.2, 0.25) is 0 Å². The smallest absolute Gasteiger partial charge is 0.332 e. The fourth-order valence-electron chi connectivity index (χ4n) is 2.35. The minimum absolute atomic E-state index is 0.0251.